The number of rotatable bonds is 4. The molecule has 4 N–H and O–H groups in total. The molecule has 100 valence electrons. The Hall–Kier alpha value is -2.08. The van der Waals surface area contributed by atoms with E-state index in [4.69, 9.17) is 10.8 Å². The van der Waals surface area contributed by atoms with Crippen molar-refractivity contribution in [1.82, 2.24) is 4.98 Å². The van der Waals surface area contributed by atoms with E-state index >= 15 is 0 Å². The maximum absolute atomic E-state index is 11.2. The third kappa shape index (κ3) is 3.03. The average Bonchev–Trinajstić information content (AvgIpc) is 2.75. The molecule has 1 aromatic carbocycles. The smallest absolute Gasteiger partial charge is 0.337 e. The van der Waals surface area contributed by atoms with E-state index in [0.29, 0.717) is 11.4 Å². The summed E-state index contributed by atoms with van der Waals surface area (Å²) in [4.78, 5) is 15.5. The second-order valence-corrected chi connectivity index (χ2v) is 5.19. The van der Waals surface area contributed by atoms with Gasteiger partial charge in [-0.25, -0.2) is 9.78 Å². The number of carboxylic acids is 1. The summed E-state index contributed by atoms with van der Waals surface area (Å²) in [6.45, 7) is 3.86. The van der Waals surface area contributed by atoms with Crippen LogP contribution < -0.4 is 11.1 Å². The van der Waals surface area contributed by atoms with Crippen molar-refractivity contribution in [3.63, 3.8) is 0 Å². The Labute approximate surface area is 115 Å². The molecule has 1 heterocycles. The van der Waals surface area contributed by atoms with Crippen LogP contribution in [-0.4, -0.2) is 16.1 Å². The van der Waals surface area contributed by atoms with Crippen LogP contribution in [0.25, 0.3) is 0 Å². The Morgan fingerprint density at radius 3 is 2.84 bits per heavy atom. The molecule has 0 spiro atoms. The Bertz CT molecular complexity index is 610. The lowest BCUT2D eigenvalue weighted by molar-refractivity contribution is 0.0698. The monoisotopic (exact) mass is 277 g/mol. The van der Waals surface area contributed by atoms with Crippen molar-refractivity contribution in [3.05, 3.63) is 39.8 Å². The molecule has 1 atom stereocenters. The van der Waals surface area contributed by atoms with Crippen LogP contribution in [0.4, 0.5) is 11.4 Å². The predicted octanol–water partition coefficient (Wildman–Crippen LogP) is 2.91. The number of aromatic nitrogens is 1. The van der Waals surface area contributed by atoms with Gasteiger partial charge >= 0.3 is 5.97 Å². The van der Waals surface area contributed by atoms with Crippen molar-refractivity contribution in [1.29, 1.82) is 0 Å². The molecule has 0 amide bonds. The highest BCUT2D eigenvalue weighted by atomic mass is 32.1. The molecule has 5 nitrogen and oxygen atoms in total. The van der Waals surface area contributed by atoms with E-state index in [0.717, 1.165) is 10.7 Å². The van der Waals surface area contributed by atoms with Crippen LogP contribution >= 0.6 is 11.3 Å². The van der Waals surface area contributed by atoms with E-state index in [9.17, 15) is 4.79 Å². The van der Waals surface area contributed by atoms with Crippen LogP contribution in [0.2, 0.25) is 0 Å². The zero-order valence-corrected chi connectivity index (χ0v) is 11.5. The third-order valence-corrected chi connectivity index (χ3v) is 3.80. The molecule has 2 aromatic rings. The first-order chi connectivity index (χ1) is 8.97. The van der Waals surface area contributed by atoms with Gasteiger partial charge < -0.3 is 16.2 Å². The summed E-state index contributed by atoms with van der Waals surface area (Å²) < 4.78 is 0. The van der Waals surface area contributed by atoms with Gasteiger partial charge in [0.1, 0.15) is 5.01 Å². The van der Waals surface area contributed by atoms with E-state index in [1.807, 2.05) is 19.2 Å². The van der Waals surface area contributed by atoms with Gasteiger partial charge in [-0.1, -0.05) is 0 Å². The number of benzene rings is 1. The molecule has 0 bridgehead atoms. The minimum atomic E-state index is -0.981. The fourth-order valence-corrected chi connectivity index (χ4v) is 2.54. The van der Waals surface area contributed by atoms with Crippen LogP contribution in [0.3, 0.4) is 0 Å². The Morgan fingerprint density at radius 2 is 2.26 bits per heavy atom. The summed E-state index contributed by atoms with van der Waals surface area (Å²) in [5.41, 5.74) is 7.89. The topological polar surface area (TPSA) is 88.2 Å². The minimum Gasteiger partial charge on any atom is -0.478 e. The average molecular weight is 277 g/mol. The van der Waals surface area contributed by atoms with Gasteiger partial charge in [-0.15, -0.1) is 11.3 Å². The molecule has 1 unspecified atom stereocenters. The van der Waals surface area contributed by atoms with E-state index in [2.05, 4.69) is 10.3 Å². The number of hydrogen-bond donors (Lipinski definition) is 3. The summed E-state index contributed by atoms with van der Waals surface area (Å²) >= 11 is 1.54. The quantitative estimate of drug-likeness (QED) is 0.748. The number of carbonyl (C=O) groups is 1. The summed E-state index contributed by atoms with van der Waals surface area (Å²) in [6.07, 6.45) is 0. The van der Waals surface area contributed by atoms with E-state index < -0.39 is 5.97 Å². The highest BCUT2D eigenvalue weighted by molar-refractivity contribution is 7.09. The SMILES string of the molecule is Cc1csc(C(C)Nc2cc(N)ccc2C(=O)O)n1. The Kier molecular flexibility index (Phi) is 3.71. The lowest BCUT2D eigenvalue weighted by atomic mass is 10.1. The Morgan fingerprint density at radius 1 is 1.53 bits per heavy atom. The van der Waals surface area contributed by atoms with Crippen LogP contribution in [0.1, 0.15) is 34.0 Å². The number of carboxylic acid groups (broad SMARTS) is 1. The molecule has 2 rings (SSSR count). The second-order valence-electron chi connectivity index (χ2n) is 4.30. The second kappa shape index (κ2) is 5.27. The molecule has 6 heteroatoms. The van der Waals surface area contributed by atoms with Crippen molar-refractivity contribution in [2.75, 3.05) is 11.1 Å². The molecular formula is C13H15N3O2S. The summed E-state index contributed by atoms with van der Waals surface area (Å²) in [6, 6.07) is 4.63. The van der Waals surface area contributed by atoms with E-state index in [-0.39, 0.29) is 11.6 Å². The predicted molar refractivity (Wildman–Crippen MR) is 76.7 cm³/mol. The maximum Gasteiger partial charge on any atom is 0.337 e. The lowest BCUT2D eigenvalue weighted by Crippen LogP contribution is -2.11. The van der Waals surface area contributed by atoms with Crippen molar-refractivity contribution < 1.29 is 9.90 Å². The number of anilines is 2. The number of hydrogen-bond acceptors (Lipinski definition) is 5. The molecule has 0 radical (unpaired) electrons. The first kappa shape index (κ1) is 13.4. The van der Waals surface area contributed by atoms with Crippen LogP contribution in [0.15, 0.2) is 23.6 Å². The molecular weight excluding hydrogens is 262 g/mol. The largest absolute Gasteiger partial charge is 0.478 e. The van der Waals surface area contributed by atoms with Crippen molar-refractivity contribution >= 4 is 28.7 Å². The van der Waals surface area contributed by atoms with Gasteiger partial charge in [-0.2, -0.15) is 0 Å². The zero-order valence-electron chi connectivity index (χ0n) is 10.7. The fourth-order valence-electron chi connectivity index (χ4n) is 1.73. The van der Waals surface area contributed by atoms with Gasteiger partial charge in [0.05, 0.1) is 17.3 Å². The number of aryl methyl sites for hydroxylation is 1. The van der Waals surface area contributed by atoms with E-state index in [1.165, 1.54) is 6.07 Å². The lowest BCUT2D eigenvalue weighted by Gasteiger charge is -2.15. The summed E-state index contributed by atoms with van der Waals surface area (Å²) in [5, 5.41) is 15.2. The summed E-state index contributed by atoms with van der Waals surface area (Å²) in [7, 11) is 0. The standard InChI is InChI=1S/C13H15N3O2S/c1-7-6-19-12(15-7)8(2)16-11-5-9(14)3-4-10(11)13(17)18/h3-6,8,16H,14H2,1-2H3,(H,17,18). The van der Waals surface area contributed by atoms with Crippen molar-refractivity contribution in [3.8, 4) is 0 Å². The number of thiazole rings is 1. The van der Waals surface area contributed by atoms with Crippen molar-refractivity contribution in [2.24, 2.45) is 0 Å². The number of nitrogens with zero attached hydrogens (tertiary/aromatic N) is 1. The molecule has 19 heavy (non-hydrogen) atoms. The van der Waals surface area contributed by atoms with Gasteiger partial charge in [0, 0.05) is 16.8 Å². The van der Waals surface area contributed by atoms with Crippen LogP contribution in [0, 0.1) is 6.92 Å². The summed E-state index contributed by atoms with van der Waals surface area (Å²) in [5.74, 6) is -0.981. The zero-order chi connectivity index (χ0) is 14.0. The maximum atomic E-state index is 11.2. The highest BCUT2D eigenvalue weighted by Gasteiger charge is 2.15. The van der Waals surface area contributed by atoms with Gasteiger partial charge in [-0.05, 0) is 32.0 Å². The van der Waals surface area contributed by atoms with Gasteiger partial charge in [0.2, 0.25) is 0 Å². The first-order valence-electron chi connectivity index (χ1n) is 5.78. The van der Waals surface area contributed by atoms with E-state index in [1.54, 1.807) is 23.5 Å². The number of nitrogens with two attached hydrogens (primary N) is 1. The van der Waals surface area contributed by atoms with Gasteiger partial charge in [0.25, 0.3) is 0 Å². The van der Waals surface area contributed by atoms with Crippen molar-refractivity contribution in [2.45, 2.75) is 19.9 Å². The minimum absolute atomic E-state index is 0.0707. The first-order valence-corrected chi connectivity index (χ1v) is 6.66. The van der Waals surface area contributed by atoms with Crippen LogP contribution in [-0.2, 0) is 0 Å². The Balaban J connectivity index is 2.27. The molecule has 0 saturated carbocycles. The van der Waals surface area contributed by atoms with Crippen LogP contribution in [0.5, 0.6) is 0 Å². The molecule has 1 aromatic heterocycles. The molecule has 0 aliphatic rings. The number of nitrogens with one attached hydrogen (secondary N) is 1. The van der Waals surface area contributed by atoms with Gasteiger partial charge in [0.15, 0.2) is 0 Å². The molecule has 0 fully saturated rings. The number of aromatic carboxylic acids is 1. The normalized spacial score (nSPS) is 12.1. The number of nitrogen functional groups attached to an aromatic ring is 1. The third-order valence-electron chi connectivity index (χ3n) is 2.65. The molecule has 0 saturated heterocycles. The highest BCUT2D eigenvalue weighted by Crippen LogP contribution is 2.26. The molecule has 0 aliphatic carbocycles. The molecule has 0 aliphatic heterocycles. The van der Waals surface area contributed by atoms with Gasteiger partial charge in [-0.3, -0.25) is 0 Å². The fraction of sp³-hybridized carbons (Fsp3) is 0.231.